The van der Waals surface area contributed by atoms with E-state index in [-0.39, 0.29) is 11.8 Å². The van der Waals surface area contributed by atoms with Crippen LogP contribution in [0.2, 0.25) is 0 Å². The molecule has 1 amide bonds. The second kappa shape index (κ2) is 7.27. The van der Waals surface area contributed by atoms with Crippen molar-refractivity contribution >= 4 is 27.5 Å². The van der Waals surface area contributed by atoms with E-state index in [9.17, 15) is 4.79 Å². The monoisotopic (exact) mass is 353 g/mol. The zero-order valence-electron chi connectivity index (χ0n) is 12.7. The number of anilines is 1. The Labute approximate surface area is 135 Å². The number of rotatable bonds is 5. The first-order valence-electron chi connectivity index (χ1n) is 7.53. The average Bonchev–Trinajstić information content (AvgIpc) is 2.46. The van der Waals surface area contributed by atoms with Gasteiger partial charge >= 0.3 is 0 Å². The third kappa shape index (κ3) is 4.45. The fourth-order valence-corrected chi connectivity index (χ4v) is 3.05. The first-order valence-corrected chi connectivity index (χ1v) is 8.32. The van der Waals surface area contributed by atoms with Crippen molar-refractivity contribution in [1.29, 1.82) is 0 Å². The summed E-state index contributed by atoms with van der Waals surface area (Å²) in [5.41, 5.74) is 7.96. The van der Waals surface area contributed by atoms with E-state index in [1.54, 1.807) is 0 Å². The summed E-state index contributed by atoms with van der Waals surface area (Å²) in [6, 6.07) is 6.87. The molecule has 0 bridgehead atoms. The Morgan fingerprint density at radius 3 is 2.67 bits per heavy atom. The first-order chi connectivity index (χ1) is 9.97. The van der Waals surface area contributed by atoms with E-state index in [4.69, 9.17) is 5.73 Å². The maximum Gasteiger partial charge on any atom is 0.220 e. The van der Waals surface area contributed by atoms with Gasteiger partial charge in [-0.1, -0.05) is 35.8 Å². The lowest BCUT2D eigenvalue weighted by Crippen LogP contribution is -2.39. The highest BCUT2D eigenvalue weighted by atomic mass is 79.9. The lowest BCUT2D eigenvalue weighted by molar-refractivity contribution is -0.122. The summed E-state index contributed by atoms with van der Waals surface area (Å²) in [6.07, 6.45) is 1.69. The summed E-state index contributed by atoms with van der Waals surface area (Å²) in [5.74, 6) is -0.128. The van der Waals surface area contributed by atoms with Crippen LogP contribution in [0.1, 0.15) is 32.3 Å². The lowest BCUT2D eigenvalue weighted by Gasteiger charge is -2.34. The van der Waals surface area contributed by atoms with Gasteiger partial charge in [-0.15, -0.1) is 0 Å². The molecule has 4 nitrogen and oxygen atoms in total. The zero-order valence-corrected chi connectivity index (χ0v) is 14.3. The van der Waals surface area contributed by atoms with Crippen molar-refractivity contribution in [3.05, 3.63) is 28.2 Å². The van der Waals surface area contributed by atoms with E-state index >= 15 is 0 Å². The molecule has 21 heavy (non-hydrogen) atoms. The van der Waals surface area contributed by atoms with Gasteiger partial charge in [0.2, 0.25) is 5.91 Å². The molecule has 1 heterocycles. The molecule has 0 atom stereocenters. The fourth-order valence-electron chi connectivity index (χ4n) is 2.70. The molecule has 0 aromatic heterocycles. The van der Waals surface area contributed by atoms with Crippen LogP contribution >= 0.6 is 15.9 Å². The number of benzene rings is 1. The molecule has 0 spiro atoms. The van der Waals surface area contributed by atoms with Gasteiger partial charge in [-0.05, 0) is 30.5 Å². The summed E-state index contributed by atoms with van der Waals surface area (Å²) in [4.78, 5) is 13.6. The number of carbonyl (C=O) groups is 1. The number of carbonyl (C=O) groups excluding carboxylic acids is 1. The Bertz CT molecular complexity index is 496. The topological polar surface area (TPSA) is 58.4 Å². The van der Waals surface area contributed by atoms with Crippen molar-refractivity contribution in [2.24, 2.45) is 11.7 Å². The predicted molar refractivity (Wildman–Crippen MR) is 90.2 cm³/mol. The van der Waals surface area contributed by atoms with Gasteiger partial charge in [-0.2, -0.15) is 0 Å². The van der Waals surface area contributed by atoms with Gasteiger partial charge in [-0.3, -0.25) is 4.79 Å². The Hall–Kier alpha value is -1.07. The zero-order chi connectivity index (χ0) is 15.4. The minimum absolute atomic E-state index is 0.0330. The van der Waals surface area contributed by atoms with E-state index in [1.807, 2.05) is 0 Å². The second-order valence-electron chi connectivity index (χ2n) is 5.97. The van der Waals surface area contributed by atoms with Crippen LogP contribution in [0.5, 0.6) is 0 Å². The molecule has 1 aliphatic heterocycles. The summed E-state index contributed by atoms with van der Waals surface area (Å²) in [6.45, 7) is 6.93. The molecule has 1 aromatic carbocycles. The number of amides is 1. The van der Waals surface area contributed by atoms with E-state index in [0.717, 1.165) is 36.9 Å². The van der Waals surface area contributed by atoms with E-state index in [0.29, 0.717) is 6.04 Å². The molecule has 0 radical (unpaired) electrons. The van der Waals surface area contributed by atoms with Crippen molar-refractivity contribution < 1.29 is 4.79 Å². The van der Waals surface area contributed by atoms with E-state index in [1.165, 1.54) is 11.3 Å². The fraction of sp³-hybridized carbons (Fsp3) is 0.562. The number of halogens is 1. The third-order valence-electron chi connectivity index (χ3n) is 3.99. The summed E-state index contributed by atoms with van der Waals surface area (Å²) in [5, 5.41) is 3.47. The van der Waals surface area contributed by atoms with Crippen LogP contribution in [0.4, 0.5) is 5.69 Å². The highest BCUT2D eigenvalue weighted by molar-refractivity contribution is 9.10. The number of nitrogens with two attached hydrogens (primary N) is 1. The van der Waals surface area contributed by atoms with Gasteiger partial charge in [0.05, 0.1) is 0 Å². The molecule has 3 N–H and O–H groups in total. The Morgan fingerprint density at radius 1 is 1.43 bits per heavy atom. The van der Waals surface area contributed by atoms with E-state index < -0.39 is 0 Å². The Balaban J connectivity index is 2.11. The van der Waals surface area contributed by atoms with Gasteiger partial charge < -0.3 is 16.0 Å². The number of primary amides is 1. The highest BCUT2D eigenvalue weighted by Gasteiger charge is 2.24. The van der Waals surface area contributed by atoms with Crippen molar-refractivity contribution in [2.45, 2.75) is 39.3 Å². The van der Waals surface area contributed by atoms with Crippen molar-refractivity contribution in [1.82, 2.24) is 5.32 Å². The maximum absolute atomic E-state index is 11.3. The molecule has 0 saturated carbocycles. The van der Waals surface area contributed by atoms with Crippen LogP contribution < -0.4 is 16.0 Å². The minimum atomic E-state index is -0.161. The van der Waals surface area contributed by atoms with Crippen LogP contribution in [0, 0.1) is 5.92 Å². The summed E-state index contributed by atoms with van der Waals surface area (Å²) in [7, 11) is 0. The maximum atomic E-state index is 11.3. The second-order valence-corrected chi connectivity index (χ2v) is 6.89. The average molecular weight is 354 g/mol. The smallest absolute Gasteiger partial charge is 0.220 e. The van der Waals surface area contributed by atoms with Crippen LogP contribution in [0.15, 0.2) is 22.7 Å². The first kappa shape index (κ1) is 16.3. The van der Waals surface area contributed by atoms with Gasteiger partial charge in [0, 0.05) is 41.8 Å². The van der Waals surface area contributed by atoms with Crippen molar-refractivity contribution in [3.63, 3.8) is 0 Å². The van der Waals surface area contributed by atoms with Crippen LogP contribution in [0.25, 0.3) is 0 Å². The number of nitrogens with one attached hydrogen (secondary N) is 1. The number of nitrogens with zero attached hydrogens (tertiary/aromatic N) is 1. The van der Waals surface area contributed by atoms with Crippen LogP contribution in [-0.2, 0) is 11.3 Å². The minimum Gasteiger partial charge on any atom is -0.371 e. The van der Waals surface area contributed by atoms with Gasteiger partial charge in [-0.25, -0.2) is 0 Å². The third-order valence-corrected chi connectivity index (χ3v) is 4.48. The van der Waals surface area contributed by atoms with E-state index in [2.05, 4.69) is 58.2 Å². The molecule has 1 fully saturated rings. The predicted octanol–water partition coefficient (Wildman–Crippen LogP) is 2.65. The molecule has 116 valence electrons. The SMILES string of the molecule is CC(C)NCc1ccc(Br)cc1N1CCC(C(N)=O)CC1. The van der Waals surface area contributed by atoms with Crippen LogP contribution in [-0.4, -0.2) is 25.0 Å². The summed E-state index contributed by atoms with van der Waals surface area (Å²) < 4.78 is 1.09. The normalized spacial score (nSPS) is 16.5. The molecular formula is C16H24BrN3O. The molecule has 0 unspecified atom stereocenters. The lowest BCUT2D eigenvalue weighted by atomic mass is 9.95. The standard InChI is InChI=1S/C16H24BrN3O/c1-11(2)19-10-13-3-4-14(17)9-15(13)20-7-5-12(6-8-20)16(18)21/h3-4,9,11-12,19H,5-8,10H2,1-2H3,(H2,18,21). The van der Waals surface area contributed by atoms with Gasteiger partial charge in [0.15, 0.2) is 0 Å². The Morgan fingerprint density at radius 2 is 2.10 bits per heavy atom. The highest BCUT2D eigenvalue weighted by Crippen LogP contribution is 2.29. The van der Waals surface area contributed by atoms with Gasteiger partial charge in [0.1, 0.15) is 0 Å². The van der Waals surface area contributed by atoms with Gasteiger partial charge in [0.25, 0.3) is 0 Å². The van der Waals surface area contributed by atoms with Crippen LogP contribution in [0.3, 0.4) is 0 Å². The number of piperidine rings is 1. The molecule has 0 aliphatic carbocycles. The number of hydrogen-bond donors (Lipinski definition) is 2. The molecule has 1 aliphatic rings. The Kier molecular flexibility index (Phi) is 5.65. The molecule has 5 heteroatoms. The molecule has 1 aromatic rings. The van der Waals surface area contributed by atoms with Crippen molar-refractivity contribution in [3.8, 4) is 0 Å². The largest absolute Gasteiger partial charge is 0.371 e. The molecule has 2 rings (SSSR count). The van der Waals surface area contributed by atoms with Crippen molar-refractivity contribution in [2.75, 3.05) is 18.0 Å². The quantitative estimate of drug-likeness (QED) is 0.855. The number of hydrogen-bond acceptors (Lipinski definition) is 3. The molecular weight excluding hydrogens is 330 g/mol. The molecule has 1 saturated heterocycles. The summed E-state index contributed by atoms with van der Waals surface area (Å²) >= 11 is 3.56.